The number of amides is 1. The monoisotopic (exact) mass is 383 g/mol. The third kappa shape index (κ3) is 2.93. The second kappa shape index (κ2) is 6.44. The van der Waals surface area contributed by atoms with Crippen molar-refractivity contribution in [1.29, 1.82) is 0 Å². The van der Waals surface area contributed by atoms with Crippen molar-refractivity contribution in [2.45, 2.75) is 26.1 Å². The number of aromatic nitrogens is 3. The fourth-order valence-corrected chi connectivity index (χ4v) is 3.98. The van der Waals surface area contributed by atoms with E-state index in [0.29, 0.717) is 12.1 Å². The number of rotatable bonds is 3. The van der Waals surface area contributed by atoms with Gasteiger partial charge in [0.1, 0.15) is 17.6 Å². The van der Waals surface area contributed by atoms with Gasteiger partial charge in [-0.05, 0) is 37.1 Å². The summed E-state index contributed by atoms with van der Waals surface area (Å²) in [7, 11) is 0. The molecule has 0 saturated carbocycles. The van der Waals surface area contributed by atoms with Crippen LogP contribution in [0.5, 0.6) is 0 Å². The molecule has 0 fully saturated rings. The SMILES string of the molecule is CC1(C)NC(=O)c2ccc(-c3c[nH]c4ncncc34)cc2N1Cc1ccccc1. The summed E-state index contributed by atoms with van der Waals surface area (Å²) in [6, 6.07) is 16.3. The second-order valence-corrected chi connectivity index (χ2v) is 7.80. The van der Waals surface area contributed by atoms with E-state index in [2.05, 4.69) is 43.4 Å². The van der Waals surface area contributed by atoms with E-state index in [1.807, 2.05) is 56.6 Å². The van der Waals surface area contributed by atoms with Gasteiger partial charge in [-0.3, -0.25) is 4.79 Å². The Morgan fingerprint density at radius 2 is 1.90 bits per heavy atom. The Kier molecular flexibility index (Phi) is 3.87. The molecule has 0 saturated heterocycles. The summed E-state index contributed by atoms with van der Waals surface area (Å²) in [5, 5.41) is 4.09. The average Bonchev–Trinajstić information content (AvgIpc) is 3.15. The highest BCUT2D eigenvalue weighted by molar-refractivity contribution is 6.04. The molecule has 29 heavy (non-hydrogen) atoms. The molecular weight excluding hydrogens is 362 g/mol. The van der Waals surface area contributed by atoms with Crippen LogP contribution in [0.3, 0.4) is 0 Å². The van der Waals surface area contributed by atoms with Crippen molar-refractivity contribution in [2.75, 3.05) is 4.90 Å². The Labute approximate surface area is 168 Å². The molecule has 0 unspecified atom stereocenters. The number of fused-ring (bicyclic) bond motifs is 2. The average molecular weight is 383 g/mol. The van der Waals surface area contributed by atoms with Crippen LogP contribution in [0.15, 0.2) is 67.3 Å². The zero-order chi connectivity index (χ0) is 20.0. The summed E-state index contributed by atoms with van der Waals surface area (Å²) in [5.74, 6) is -0.0527. The predicted molar refractivity (Wildman–Crippen MR) is 113 cm³/mol. The van der Waals surface area contributed by atoms with Gasteiger partial charge in [-0.1, -0.05) is 36.4 Å². The Morgan fingerprint density at radius 3 is 2.72 bits per heavy atom. The van der Waals surface area contributed by atoms with E-state index in [1.54, 1.807) is 0 Å². The molecule has 0 atom stereocenters. The number of anilines is 1. The number of aromatic amines is 1. The van der Waals surface area contributed by atoms with Gasteiger partial charge < -0.3 is 15.2 Å². The summed E-state index contributed by atoms with van der Waals surface area (Å²) in [4.78, 5) is 26.6. The van der Waals surface area contributed by atoms with E-state index in [1.165, 1.54) is 11.9 Å². The maximum absolute atomic E-state index is 12.7. The van der Waals surface area contributed by atoms with Gasteiger partial charge in [-0.25, -0.2) is 9.97 Å². The molecule has 2 aromatic heterocycles. The smallest absolute Gasteiger partial charge is 0.255 e. The van der Waals surface area contributed by atoms with Gasteiger partial charge in [-0.15, -0.1) is 0 Å². The molecule has 4 aromatic rings. The first-order valence-electron chi connectivity index (χ1n) is 9.58. The van der Waals surface area contributed by atoms with Gasteiger partial charge in [-0.2, -0.15) is 0 Å². The first-order valence-corrected chi connectivity index (χ1v) is 9.58. The number of nitrogens with one attached hydrogen (secondary N) is 2. The zero-order valence-electron chi connectivity index (χ0n) is 16.3. The minimum atomic E-state index is -0.512. The van der Waals surface area contributed by atoms with Crippen molar-refractivity contribution in [3.63, 3.8) is 0 Å². The highest BCUT2D eigenvalue weighted by atomic mass is 16.2. The minimum absolute atomic E-state index is 0.0527. The van der Waals surface area contributed by atoms with E-state index in [4.69, 9.17) is 0 Å². The lowest BCUT2D eigenvalue weighted by molar-refractivity contribution is 0.0897. The minimum Gasteiger partial charge on any atom is -0.345 e. The number of carbonyl (C=O) groups is 1. The molecule has 6 nitrogen and oxygen atoms in total. The van der Waals surface area contributed by atoms with Gasteiger partial charge in [0.15, 0.2) is 0 Å². The van der Waals surface area contributed by atoms with Crippen molar-refractivity contribution < 1.29 is 4.79 Å². The lowest BCUT2D eigenvalue weighted by atomic mass is 9.96. The summed E-state index contributed by atoms with van der Waals surface area (Å²) in [6.45, 7) is 4.76. The van der Waals surface area contributed by atoms with Crippen LogP contribution >= 0.6 is 0 Å². The molecule has 1 aliphatic heterocycles. The van der Waals surface area contributed by atoms with Crippen molar-refractivity contribution in [1.82, 2.24) is 20.3 Å². The third-order valence-corrected chi connectivity index (χ3v) is 5.48. The molecule has 0 bridgehead atoms. The molecule has 0 aliphatic carbocycles. The molecule has 5 rings (SSSR count). The maximum Gasteiger partial charge on any atom is 0.255 e. The van der Waals surface area contributed by atoms with Crippen molar-refractivity contribution in [2.24, 2.45) is 0 Å². The van der Waals surface area contributed by atoms with Gasteiger partial charge in [0.2, 0.25) is 0 Å². The number of hydrogen-bond acceptors (Lipinski definition) is 4. The van der Waals surface area contributed by atoms with Gasteiger partial charge in [0, 0.05) is 29.9 Å². The summed E-state index contributed by atoms with van der Waals surface area (Å²) in [6.07, 6.45) is 5.28. The molecule has 6 heteroatoms. The number of H-pyrrole nitrogens is 1. The largest absolute Gasteiger partial charge is 0.345 e. The lowest BCUT2D eigenvalue weighted by Gasteiger charge is -2.45. The molecule has 1 amide bonds. The predicted octanol–water partition coefficient (Wildman–Crippen LogP) is 4.11. The van der Waals surface area contributed by atoms with Crippen LogP contribution in [0.2, 0.25) is 0 Å². The van der Waals surface area contributed by atoms with Crippen LogP contribution in [0.1, 0.15) is 29.8 Å². The Morgan fingerprint density at radius 1 is 1.07 bits per heavy atom. The fourth-order valence-electron chi connectivity index (χ4n) is 3.98. The van der Waals surface area contributed by atoms with Crippen LogP contribution in [-0.4, -0.2) is 26.5 Å². The van der Waals surface area contributed by atoms with E-state index < -0.39 is 5.66 Å². The molecule has 2 aromatic carbocycles. The van der Waals surface area contributed by atoms with Crippen LogP contribution in [0.4, 0.5) is 5.69 Å². The molecule has 0 radical (unpaired) electrons. The van der Waals surface area contributed by atoms with Gasteiger partial charge in [0.05, 0.1) is 11.3 Å². The third-order valence-electron chi connectivity index (χ3n) is 5.48. The summed E-state index contributed by atoms with van der Waals surface area (Å²) in [5.41, 5.74) is 5.12. The number of benzene rings is 2. The van der Waals surface area contributed by atoms with Crippen molar-refractivity contribution >= 4 is 22.6 Å². The molecule has 2 N–H and O–H groups in total. The highest BCUT2D eigenvalue weighted by Crippen LogP contribution is 2.37. The standard InChI is InChI=1S/C23H21N5O/c1-23(2)27-22(29)17-9-8-16(18-12-25-21-19(18)11-24-14-26-21)10-20(17)28(23)13-15-6-4-3-5-7-15/h3-12,14H,13H2,1-2H3,(H,27,29)(H,24,25,26). The molecule has 1 aliphatic rings. The Balaban J connectivity index is 1.65. The van der Waals surface area contributed by atoms with E-state index in [9.17, 15) is 4.79 Å². The van der Waals surface area contributed by atoms with E-state index in [-0.39, 0.29) is 5.91 Å². The fraction of sp³-hybridized carbons (Fsp3) is 0.174. The molecular formula is C23H21N5O. The summed E-state index contributed by atoms with van der Waals surface area (Å²) < 4.78 is 0. The quantitative estimate of drug-likeness (QED) is 0.558. The topological polar surface area (TPSA) is 73.9 Å². The first kappa shape index (κ1) is 17.4. The number of nitrogens with zero attached hydrogens (tertiary/aromatic N) is 3. The molecule has 3 heterocycles. The van der Waals surface area contributed by atoms with Crippen molar-refractivity contribution in [3.8, 4) is 11.1 Å². The Hall–Kier alpha value is -3.67. The second-order valence-electron chi connectivity index (χ2n) is 7.80. The van der Waals surface area contributed by atoms with Crippen LogP contribution in [0, 0.1) is 0 Å². The number of carbonyl (C=O) groups excluding carboxylic acids is 1. The highest BCUT2D eigenvalue weighted by Gasteiger charge is 2.36. The lowest BCUT2D eigenvalue weighted by Crippen LogP contribution is -2.60. The summed E-state index contributed by atoms with van der Waals surface area (Å²) >= 11 is 0. The number of hydrogen-bond donors (Lipinski definition) is 2. The van der Waals surface area contributed by atoms with Crippen molar-refractivity contribution in [3.05, 3.63) is 78.4 Å². The van der Waals surface area contributed by atoms with Crippen LogP contribution in [0.25, 0.3) is 22.2 Å². The molecule has 144 valence electrons. The van der Waals surface area contributed by atoms with E-state index >= 15 is 0 Å². The van der Waals surface area contributed by atoms with Crippen LogP contribution in [-0.2, 0) is 6.54 Å². The first-order chi connectivity index (χ1) is 14.0. The molecule has 0 spiro atoms. The van der Waals surface area contributed by atoms with Gasteiger partial charge >= 0.3 is 0 Å². The zero-order valence-corrected chi connectivity index (χ0v) is 16.3. The van der Waals surface area contributed by atoms with Gasteiger partial charge in [0.25, 0.3) is 5.91 Å². The maximum atomic E-state index is 12.7. The van der Waals surface area contributed by atoms with E-state index in [0.717, 1.165) is 27.8 Å². The normalized spacial score (nSPS) is 15.2. The van der Waals surface area contributed by atoms with Crippen LogP contribution < -0.4 is 10.2 Å². The Bertz CT molecular complexity index is 1210.